The summed E-state index contributed by atoms with van der Waals surface area (Å²) in [6.45, 7) is 10.8. The number of amides is 5. The molecule has 10 N–H and O–H groups in total. The summed E-state index contributed by atoms with van der Waals surface area (Å²) in [6, 6.07) is 85.0. The van der Waals surface area contributed by atoms with Gasteiger partial charge in [-0.05, 0) is 239 Å². The van der Waals surface area contributed by atoms with Crippen LogP contribution in [0.2, 0.25) is 0 Å². The molecule has 20 rings (SSSR count). The predicted octanol–water partition coefficient (Wildman–Crippen LogP) is 18.8. The molecular weight excluding hydrogens is 1750 g/mol. The third kappa shape index (κ3) is 18.2. The lowest BCUT2D eigenvalue weighted by Gasteiger charge is -2.45. The fourth-order valence-electron chi connectivity index (χ4n) is 21.0. The molecule has 0 fully saturated rings. The maximum Gasteiger partial charge on any atom is 0.241 e. The standard InChI is InChI=1S/2C21H22FN3OS.3C21H23N3OS/c2*1-14(26)25-21(27-20(24-25)16-6-4-7-18(22)13-16)17(11-12-23)10-9-15-5-2-3-8-19(15)21;3*1-15(25)24-21(26-20(23-24)17-8-3-2-4-9-17)18(13-14-22)12-11-16-7-5-6-10-19(16)21/h2*2-8,13,17H,9-12,23H2,1H3;3*2-10,18H,11-14,22H2,1H3/t2*17-,21-;2*18-,21+;18-,21-/m10101/s1. The maximum absolute atomic E-state index is 13.8. The van der Waals surface area contributed by atoms with Gasteiger partial charge in [-0.1, -0.05) is 295 Å². The van der Waals surface area contributed by atoms with E-state index in [2.05, 4.69) is 144 Å². The van der Waals surface area contributed by atoms with Gasteiger partial charge in [-0.2, -0.15) is 25.5 Å². The van der Waals surface area contributed by atoms with E-state index in [0.717, 1.165) is 139 Å². The number of rotatable bonds is 15. The zero-order valence-corrected chi connectivity index (χ0v) is 79.1. The van der Waals surface area contributed by atoms with Crippen molar-refractivity contribution in [1.82, 2.24) is 25.0 Å². The van der Waals surface area contributed by atoms with E-state index in [0.29, 0.717) is 53.9 Å². The molecule has 10 atom stereocenters. The zero-order chi connectivity index (χ0) is 92.5. The summed E-state index contributed by atoms with van der Waals surface area (Å²) >= 11 is 8.25. The average molecular weight is 1860 g/mol. The molecule has 10 aliphatic rings. The third-order valence-corrected chi connectivity index (χ3v) is 34.4. The van der Waals surface area contributed by atoms with Crippen molar-refractivity contribution < 1.29 is 32.8 Å². The zero-order valence-electron chi connectivity index (χ0n) is 75.1. The van der Waals surface area contributed by atoms with Crippen LogP contribution in [0.4, 0.5) is 8.78 Å². The van der Waals surface area contributed by atoms with Crippen LogP contribution < -0.4 is 28.7 Å². The minimum absolute atomic E-state index is 0.0258. The van der Waals surface area contributed by atoms with Crippen molar-refractivity contribution in [2.75, 3.05) is 32.7 Å². The number of thioether (sulfide) groups is 5. The molecule has 27 heteroatoms. The number of hydrazone groups is 5. The van der Waals surface area contributed by atoms with Gasteiger partial charge in [0.1, 0.15) is 61.2 Å². The monoisotopic (exact) mass is 1860 g/mol. The highest BCUT2D eigenvalue weighted by molar-refractivity contribution is 8.16. The van der Waals surface area contributed by atoms with E-state index >= 15 is 0 Å². The van der Waals surface area contributed by atoms with E-state index in [4.69, 9.17) is 44.0 Å². The first kappa shape index (κ1) is 94.5. The molecule has 5 spiro atoms. The summed E-state index contributed by atoms with van der Waals surface area (Å²) in [6.07, 6.45) is 14.2. The number of fused-ring (bicyclic) bond motifs is 10. The molecule has 10 aromatic rings. The molecule has 0 saturated carbocycles. The van der Waals surface area contributed by atoms with Gasteiger partial charge in [-0.15, -0.1) is 0 Å². The second kappa shape index (κ2) is 41.4. The van der Waals surface area contributed by atoms with Crippen LogP contribution in [-0.4, -0.2) is 113 Å². The lowest BCUT2D eigenvalue weighted by Crippen LogP contribution is -2.49. The smallest absolute Gasteiger partial charge is 0.241 e. The number of carbonyl (C=O) groups excluding carboxylic acids is 5. The van der Waals surface area contributed by atoms with Crippen molar-refractivity contribution in [1.29, 1.82) is 0 Å². The number of hydrogen-bond acceptors (Lipinski definition) is 20. The van der Waals surface area contributed by atoms with Gasteiger partial charge in [0.05, 0.1) is 0 Å². The van der Waals surface area contributed by atoms with Gasteiger partial charge in [0.15, 0.2) is 0 Å². The number of halogens is 2. The predicted molar refractivity (Wildman–Crippen MR) is 533 cm³/mol. The number of hydrogen-bond donors (Lipinski definition) is 5. The average Bonchev–Trinajstić information content (AvgIpc) is 1.58. The highest BCUT2D eigenvalue weighted by Crippen LogP contribution is 2.63. The molecule has 5 aliphatic heterocycles. The molecule has 132 heavy (non-hydrogen) atoms. The molecule has 5 amide bonds. The summed E-state index contributed by atoms with van der Waals surface area (Å²) in [7, 11) is 0. The van der Waals surface area contributed by atoms with Crippen molar-refractivity contribution in [3.8, 4) is 0 Å². The van der Waals surface area contributed by atoms with Gasteiger partial charge in [0.2, 0.25) is 29.5 Å². The largest absolute Gasteiger partial charge is 0.330 e. The molecule has 0 unspecified atom stereocenters. The Bertz CT molecular complexity index is 5590. The maximum atomic E-state index is 13.8. The highest BCUT2D eigenvalue weighted by Gasteiger charge is 2.61. The van der Waals surface area contributed by atoms with Crippen molar-refractivity contribution >= 4 is 114 Å². The first-order chi connectivity index (χ1) is 64.1. The fraction of sp³-hybridized carbons (Fsp3) is 0.333. The van der Waals surface area contributed by atoms with E-state index in [9.17, 15) is 32.8 Å². The number of nitrogens with zero attached hydrogens (tertiary/aromatic N) is 10. The SMILES string of the molecule is CC(=O)N1N=C(c2cccc(F)c2)S[C@@]12c1ccccc1CC[C@H]2CCN.CC(=O)N1N=C(c2cccc(F)c2)S[C@]12c1ccccc1CC[C@@H]2CCN.CC(=O)N1N=C(c2ccccc2)S[C@@]12c1ccccc1CC[C@@H]2CCN.CC(=O)N1N=C(c2ccccc2)S[C@]12c1ccccc1CC[C@@H]2CCN.CC(=O)N1N=C(c2ccccc2)S[C@]12c1ccccc1CC[C@H]2CCN. The minimum atomic E-state index is -0.623. The summed E-state index contributed by atoms with van der Waals surface area (Å²) in [5.74, 6) is 0.264. The molecule has 682 valence electrons. The summed E-state index contributed by atoms with van der Waals surface area (Å²) < 4.78 is 27.6. The van der Waals surface area contributed by atoms with Crippen molar-refractivity contribution in [3.63, 3.8) is 0 Å². The normalized spacial score (nSPS) is 24.3. The van der Waals surface area contributed by atoms with Gasteiger partial charge < -0.3 is 28.7 Å². The van der Waals surface area contributed by atoms with Crippen molar-refractivity contribution in [3.05, 3.63) is 356 Å². The number of nitrogens with two attached hydrogens (primary N) is 5. The van der Waals surface area contributed by atoms with E-state index in [1.54, 1.807) is 117 Å². The van der Waals surface area contributed by atoms with Gasteiger partial charge in [-0.25, -0.2) is 33.8 Å². The topological polar surface area (TPSA) is 293 Å². The molecule has 0 bridgehead atoms. The molecule has 0 aromatic heterocycles. The Morgan fingerprint density at radius 3 is 0.644 bits per heavy atom. The van der Waals surface area contributed by atoms with Gasteiger partial charge in [0.25, 0.3) is 0 Å². The minimum Gasteiger partial charge on any atom is -0.330 e. The van der Waals surface area contributed by atoms with Crippen LogP contribution >= 0.6 is 58.8 Å². The second-order valence-electron chi connectivity index (χ2n) is 34.6. The molecule has 20 nitrogen and oxygen atoms in total. The molecule has 10 aromatic carbocycles. The van der Waals surface area contributed by atoms with Crippen LogP contribution in [0.25, 0.3) is 0 Å². The Hall–Kier alpha value is -10.7. The highest BCUT2D eigenvalue weighted by atomic mass is 32.2. The van der Waals surface area contributed by atoms with Crippen molar-refractivity contribution in [2.24, 2.45) is 83.8 Å². The number of aryl methyl sites for hydroxylation is 5. The fourth-order valence-corrected chi connectivity index (χ4v) is 29.1. The Balaban J connectivity index is 0.000000120. The van der Waals surface area contributed by atoms with E-state index in [1.165, 1.54) is 82.6 Å². The third-order valence-electron chi connectivity index (χ3n) is 26.7. The quantitative estimate of drug-likeness (QED) is 0.0637. The molecular formula is C105H113F2N15O5S5. The lowest BCUT2D eigenvalue weighted by molar-refractivity contribution is -0.135. The molecule has 5 heterocycles. The second-order valence-corrected chi connectivity index (χ2v) is 40.7. The molecule has 5 aliphatic carbocycles. The van der Waals surface area contributed by atoms with Crippen LogP contribution in [0.15, 0.2) is 286 Å². The van der Waals surface area contributed by atoms with E-state index in [-0.39, 0.29) is 70.8 Å². The summed E-state index contributed by atoms with van der Waals surface area (Å²) in [4.78, 5) is 60.4. The van der Waals surface area contributed by atoms with Crippen LogP contribution in [0.1, 0.15) is 182 Å². The number of benzene rings is 10. The van der Waals surface area contributed by atoms with Crippen LogP contribution in [0.5, 0.6) is 0 Å². The Morgan fingerprint density at radius 2 is 0.455 bits per heavy atom. The van der Waals surface area contributed by atoms with Gasteiger partial charge in [0, 0.05) is 62.4 Å². The number of carbonyl (C=O) groups is 5. The Morgan fingerprint density at radius 1 is 0.273 bits per heavy atom. The van der Waals surface area contributed by atoms with Crippen LogP contribution in [0, 0.1) is 41.2 Å². The van der Waals surface area contributed by atoms with E-state index in [1.807, 2.05) is 91.0 Å². The Kier molecular flexibility index (Phi) is 29.7. The molecule has 0 radical (unpaired) electrons. The van der Waals surface area contributed by atoms with E-state index < -0.39 is 24.4 Å². The summed E-state index contributed by atoms with van der Waals surface area (Å²) in [5.41, 5.74) is 46.5. The first-order valence-electron chi connectivity index (χ1n) is 45.6. The van der Waals surface area contributed by atoms with Gasteiger partial charge in [-0.3, -0.25) is 24.0 Å². The lowest BCUT2D eigenvalue weighted by atomic mass is 9.77. The van der Waals surface area contributed by atoms with Crippen LogP contribution in [-0.2, 0) is 80.4 Å². The summed E-state index contributed by atoms with van der Waals surface area (Å²) in [5, 5.41) is 36.1. The molecule has 0 saturated heterocycles. The van der Waals surface area contributed by atoms with Gasteiger partial charge >= 0.3 is 0 Å². The first-order valence-corrected chi connectivity index (χ1v) is 49.7. The van der Waals surface area contributed by atoms with Crippen LogP contribution in [0.3, 0.4) is 0 Å². The van der Waals surface area contributed by atoms with Crippen molar-refractivity contribution in [2.45, 2.75) is 155 Å². The Labute approximate surface area is 793 Å².